The van der Waals surface area contributed by atoms with Crippen LogP contribution in [0.1, 0.15) is 168 Å². The Hall–Kier alpha value is -1.99. The van der Waals surface area contributed by atoms with Crippen molar-refractivity contribution in [1.82, 2.24) is 0 Å². The van der Waals surface area contributed by atoms with E-state index >= 15 is 0 Å². The van der Waals surface area contributed by atoms with Crippen LogP contribution in [0.25, 0.3) is 0 Å². The van der Waals surface area contributed by atoms with Gasteiger partial charge in [-0.15, -0.1) is 0 Å². The molecule has 0 aromatic carbocycles. The molecule has 0 heterocycles. The van der Waals surface area contributed by atoms with Gasteiger partial charge < -0.3 is 19.3 Å². The minimum Gasteiger partial charge on any atom is -0.462 e. The summed E-state index contributed by atoms with van der Waals surface area (Å²) in [6, 6.07) is 0. The van der Waals surface area contributed by atoms with E-state index in [-0.39, 0.29) is 19.4 Å². The maximum absolute atomic E-state index is 12.4. The summed E-state index contributed by atoms with van der Waals surface area (Å²) in [7, 11) is -4.76. The van der Waals surface area contributed by atoms with Crippen LogP contribution < -0.4 is 0 Å². The van der Waals surface area contributed by atoms with E-state index in [4.69, 9.17) is 19.3 Å². The van der Waals surface area contributed by atoms with Gasteiger partial charge >= 0.3 is 19.8 Å². The van der Waals surface area contributed by atoms with Gasteiger partial charge in [0.05, 0.1) is 6.61 Å². The predicted octanol–water partition coefficient (Wildman–Crippen LogP) is 11.2. The summed E-state index contributed by atoms with van der Waals surface area (Å²) in [5.74, 6) is -0.920. The third kappa shape index (κ3) is 36.8. The van der Waals surface area contributed by atoms with Crippen molar-refractivity contribution in [2.45, 2.75) is 174 Å². The lowest BCUT2D eigenvalue weighted by molar-refractivity contribution is -0.161. The largest absolute Gasteiger partial charge is 0.469 e. The molecule has 0 spiro atoms. The second kappa shape index (κ2) is 34.9. The Balaban J connectivity index is 4.03. The van der Waals surface area contributed by atoms with Gasteiger partial charge in [-0.3, -0.25) is 14.1 Å². The van der Waals surface area contributed by atoms with Crippen LogP contribution >= 0.6 is 7.82 Å². The fourth-order valence-electron chi connectivity index (χ4n) is 4.95. The predicted molar refractivity (Wildman–Crippen MR) is 198 cm³/mol. The van der Waals surface area contributed by atoms with E-state index in [1.165, 1.54) is 44.9 Å². The quantitative estimate of drug-likeness (QED) is 0.0295. The monoisotopic (exact) mass is 696 g/mol. The smallest absolute Gasteiger partial charge is 0.462 e. The first-order valence-electron chi connectivity index (χ1n) is 18.9. The van der Waals surface area contributed by atoms with E-state index < -0.39 is 32.5 Å². The van der Waals surface area contributed by atoms with Gasteiger partial charge in [0.15, 0.2) is 6.10 Å². The third-order valence-electron chi connectivity index (χ3n) is 7.82. The van der Waals surface area contributed by atoms with Gasteiger partial charge in [0.2, 0.25) is 0 Å². The molecule has 0 saturated heterocycles. The first-order valence-corrected chi connectivity index (χ1v) is 20.5. The summed E-state index contributed by atoms with van der Waals surface area (Å²) in [6.07, 6.45) is 41.1. The summed E-state index contributed by atoms with van der Waals surface area (Å²) in [5, 5.41) is 0. The van der Waals surface area contributed by atoms with Gasteiger partial charge in [-0.2, -0.15) is 0 Å². The molecular formula is C39H69O8P. The molecule has 9 heteroatoms. The van der Waals surface area contributed by atoms with E-state index in [2.05, 4.69) is 67.0 Å². The van der Waals surface area contributed by atoms with Gasteiger partial charge in [0, 0.05) is 12.8 Å². The van der Waals surface area contributed by atoms with Crippen LogP contribution in [0.4, 0.5) is 0 Å². The van der Waals surface area contributed by atoms with Crippen LogP contribution in [0.2, 0.25) is 0 Å². The summed E-state index contributed by atoms with van der Waals surface area (Å²) < 4.78 is 26.3. The van der Waals surface area contributed by atoms with E-state index in [1.54, 1.807) is 0 Å². The highest BCUT2D eigenvalue weighted by molar-refractivity contribution is 7.46. The maximum atomic E-state index is 12.4. The molecule has 0 radical (unpaired) electrons. The van der Waals surface area contributed by atoms with E-state index in [0.717, 1.165) is 83.5 Å². The molecule has 0 bridgehead atoms. The lowest BCUT2D eigenvalue weighted by atomic mass is 10.1. The Labute approximate surface area is 293 Å². The van der Waals surface area contributed by atoms with Crippen molar-refractivity contribution >= 4 is 19.8 Å². The average Bonchev–Trinajstić information content (AvgIpc) is 3.05. The van der Waals surface area contributed by atoms with Crippen LogP contribution in [0.5, 0.6) is 0 Å². The van der Waals surface area contributed by atoms with Crippen molar-refractivity contribution < 1.29 is 37.9 Å². The van der Waals surface area contributed by atoms with Gasteiger partial charge in [-0.25, -0.2) is 4.57 Å². The first-order chi connectivity index (χ1) is 23.3. The number of phosphoric ester groups is 1. The maximum Gasteiger partial charge on any atom is 0.469 e. The van der Waals surface area contributed by atoms with E-state index in [9.17, 15) is 14.2 Å². The number of allylic oxidation sites excluding steroid dienone is 8. The molecule has 8 nitrogen and oxygen atoms in total. The number of rotatable bonds is 34. The molecule has 0 amide bonds. The molecule has 0 aliphatic heterocycles. The number of hydrogen-bond acceptors (Lipinski definition) is 6. The molecule has 1 atom stereocenters. The summed E-state index contributed by atoms with van der Waals surface area (Å²) >= 11 is 0. The van der Waals surface area contributed by atoms with Gasteiger partial charge in [-0.05, 0) is 70.6 Å². The number of carbonyl (C=O) groups is 2. The zero-order valence-electron chi connectivity index (χ0n) is 30.4. The van der Waals surface area contributed by atoms with Crippen molar-refractivity contribution in [1.29, 1.82) is 0 Å². The van der Waals surface area contributed by atoms with Gasteiger partial charge in [0.25, 0.3) is 0 Å². The lowest BCUT2D eigenvalue weighted by Gasteiger charge is -2.18. The van der Waals surface area contributed by atoms with Crippen LogP contribution in [0, 0.1) is 0 Å². The molecule has 0 rings (SSSR count). The van der Waals surface area contributed by atoms with Gasteiger partial charge in [-0.1, -0.05) is 133 Å². The minimum atomic E-state index is -4.76. The zero-order valence-corrected chi connectivity index (χ0v) is 31.3. The Bertz CT molecular complexity index is 921. The minimum absolute atomic E-state index is 0.191. The molecule has 0 aromatic rings. The number of unbranched alkanes of at least 4 members (excludes halogenated alkanes) is 16. The topological polar surface area (TPSA) is 119 Å². The van der Waals surface area contributed by atoms with Crippen molar-refractivity contribution in [3.05, 3.63) is 48.6 Å². The summed E-state index contributed by atoms with van der Waals surface area (Å²) in [4.78, 5) is 42.7. The molecule has 0 saturated carbocycles. The molecule has 2 N–H and O–H groups in total. The molecule has 0 aliphatic carbocycles. The van der Waals surface area contributed by atoms with Crippen molar-refractivity contribution in [2.24, 2.45) is 0 Å². The zero-order chi connectivity index (χ0) is 35.4. The molecular weight excluding hydrogens is 627 g/mol. The Morgan fingerprint density at radius 2 is 0.958 bits per heavy atom. The third-order valence-corrected chi connectivity index (χ3v) is 8.31. The second-order valence-electron chi connectivity index (χ2n) is 12.5. The molecule has 0 aliphatic rings. The number of esters is 2. The fraction of sp³-hybridized carbons (Fsp3) is 0.744. The van der Waals surface area contributed by atoms with Crippen LogP contribution in [-0.2, 0) is 28.2 Å². The average molecular weight is 697 g/mol. The summed E-state index contributed by atoms with van der Waals surface area (Å²) in [6.45, 7) is 3.59. The molecule has 1 unspecified atom stereocenters. The van der Waals surface area contributed by atoms with Crippen LogP contribution in [-0.4, -0.2) is 41.0 Å². The van der Waals surface area contributed by atoms with Crippen molar-refractivity contribution in [3.8, 4) is 0 Å². The highest BCUT2D eigenvalue weighted by Crippen LogP contribution is 2.36. The second-order valence-corrected chi connectivity index (χ2v) is 13.8. The van der Waals surface area contributed by atoms with E-state index in [0.29, 0.717) is 12.8 Å². The molecule has 0 fully saturated rings. The fourth-order valence-corrected chi connectivity index (χ4v) is 5.31. The first kappa shape index (κ1) is 46.0. The van der Waals surface area contributed by atoms with Crippen molar-refractivity contribution in [3.63, 3.8) is 0 Å². The molecule has 0 aromatic heterocycles. The highest BCUT2D eigenvalue weighted by Gasteiger charge is 2.22. The Morgan fingerprint density at radius 3 is 1.44 bits per heavy atom. The lowest BCUT2D eigenvalue weighted by Crippen LogP contribution is -2.29. The van der Waals surface area contributed by atoms with Crippen LogP contribution in [0.3, 0.4) is 0 Å². The highest BCUT2D eigenvalue weighted by atomic mass is 31.2. The van der Waals surface area contributed by atoms with Crippen LogP contribution in [0.15, 0.2) is 48.6 Å². The van der Waals surface area contributed by atoms with Gasteiger partial charge in [0.1, 0.15) is 6.61 Å². The standard InChI is InChI=1S/C39H69O8P/c1-3-5-7-9-11-13-15-17-19-20-22-24-26-28-30-32-34-39(41)47-37(36-46-48(42,43)44)35-45-38(40)33-31-29-27-25-23-21-18-16-14-12-10-8-6-4-2/h10,12-13,15-16,18-20,37H,3-9,11,14,17,21-36H2,1-2H3,(H2,42,43,44)/b12-10-,15-13-,18-16-,20-19-. The normalized spacial score (nSPS) is 13.0. The molecule has 278 valence electrons. The Kier molecular flexibility index (Phi) is 33.4. The Morgan fingerprint density at radius 1 is 0.542 bits per heavy atom. The van der Waals surface area contributed by atoms with Crippen molar-refractivity contribution in [2.75, 3.05) is 13.2 Å². The molecule has 48 heavy (non-hydrogen) atoms. The number of phosphoric acid groups is 1. The number of carbonyl (C=O) groups excluding carboxylic acids is 2. The number of ether oxygens (including phenoxy) is 2. The SMILES string of the molecule is CCCC/C=C\C/C=C\CCCCCCCC(=O)OCC(COP(=O)(O)O)OC(=O)CCCCCCC/C=C\C/C=C\CCCCCC. The number of hydrogen-bond donors (Lipinski definition) is 2. The van der Waals surface area contributed by atoms with E-state index in [1.807, 2.05) is 0 Å². The summed E-state index contributed by atoms with van der Waals surface area (Å²) in [5.41, 5.74) is 0.